The van der Waals surface area contributed by atoms with E-state index in [-0.39, 0.29) is 25.7 Å². The fraction of sp³-hybridized carbons (Fsp3) is 0.949. The molecule has 0 bridgehead atoms. The van der Waals surface area contributed by atoms with Gasteiger partial charge in [-0.05, 0) is 25.7 Å². The van der Waals surface area contributed by atoms with Crippen LogP contribution in [0.4, 0.5) is 0 Å². The zero-order valence-corrected chi connectivity index (χ0v) is 64.8. The number of phosphoric acid groups is 2. The maximum absolute atomic E-state index is 13.1. The molecule has 0 aliphatic heterocycles. The van der Waals surface area contributed by atoms with Gasteiger partial charge in [0.15, 0.2) is 12.2 Å². The number of aliphatic hydroxyl groups is 1. The highest BCUT2D eigenvalue weighted by Gasteiger charge is 2.30. The largest absolute Gasteiger partial charge is 0.472 e. The highest BCUT2D eigenvalue weighted by Crippen LogP contribution is 2.45. The zero-order chi connectivity index (χ0) is 71.1. The van der Waals surface area contributed by atoms with Crippen LogP contribution in [0.15, 0.2) is 0 Å². The second-order valence-electron chi connectivity index (χ2n) is 28.1. The van der Waals surface area contributed by atoms with Gasteiger partial charge < -0.3 is 33.8 Å². The average Bonchev–Trinajstić information content (AvgIpc) is 1.88. The summed E-state index contributed by atoms with van der Waals surface area (Å²) in [6.45, 7) is 4.91. The standard InChI is InChI=1S/C78H152O17P2/c1-5-9-13-17-20-23-26-29-32-34-35-36-37-38-39-41-44-47-50-53-57-61-65-78(83)95-74(69-89-76(81)63-59-55-51-48-45-43-40-33-30-27-24-21-18-14-10-6-2)71-93-97(86,87)91-67-72(79)66-90-96(84,85)92-70-73(68-88-75(80)62-58-54-16-12-8-4)94-77(82)64-60-56-52-49-46-42-31-28-25-22-19-15-11-7-3/h72-74,79H,5-71H2,1-4H3,(H,84,85)(H,86,87)/t72-,73+,74+/m0/s1. The van der Waals surface area contributed by atoms with Crippen molar-refractivity contribution in [3.8, 4) is 0 Å². The molecule has 2 unspecified atom stereocenters. The van der Waals surface area contributed by atoms with Gasteiger partial charge in [0.05, 0.1) is 26.4 Å². The lowest BCUT2D eigenvalue weighted by atomic mass is 10.0. The molecule has 0 aromatic heterocycles. The Kier molecular flexibility index (Phi) is 71.0. The van der Waals surface area contributed by atoms with Gasteiger partial charge in [0.2, 0.25) is 0 Å². The summed E-state index contributed by atoms with van der Waals surface area (Å²) < 4.78 is 68.4. The van der Waals surface area contributed by atoms with E-state index in [1.807, 2.05) is 0 Å². The van der Waals surface area contributed by atoms with E-state index in [1.54, 1.807) is 0 Å². The van der Waals surface area contributed by atoms with Gasteiger partial charge in [-0.2, -0.15) is 0 Å². The summed E-state index contributed by atoms with van der Waals surface area (Å²) in [5.41, 5.74) is 0. The van der Waals surface area contributed by atoms with Crippen molar-refractivity contribution in [3.05, 3.63) is 0 Å². The van der Waals surface area contributed by atoms with Gasteiger partial charge in [-0.25, -0.2) is 9.13 Å². The Bertz CT molecular complexity index is 1840. The maximum Gasteiger partial charge on any atom is 0.472 e. The third kappa shape index (κ3) is 72.2. The van der Waals surface area contributed by atoms with E-state index in [0.29, 0.717) is 25.7 Å². The van der Waals surface area contributed by atoms with Crippen molar-refractivity contribution in [2.75, 3.05) is 39.6 Å². The molecule has 5 atom stereocenters. The molecule has 0 aliphatic rings. The van der Waals surface area contributed by atoms with Gasteiger partial charge in [-0.1, -0.05) is 368 Å². The summed E-state index contributed by atoms with van der Waals surface area (Å²) in [4.78, 5) is 72.6. The van der Waals surface area contributed by atoms with Crippen molar-refractivity contribution in [2.24, 2.45) is 0 Å². The van der Waals surface area contributed by atoms with E-state index in [1.165, 1.54) is 244 Å². The van der Waals surface area contributed by atoms with E-state index < -0.39 is 97.5 Å². The average molecular weight is 1420 g/mol. The fourth-order valence-corrected chi connectivity index (χ4v) is 13.7. The molecule has 19 heteroatoms. The van der Waals surface area contributed by atoms with Crippen molar-refractivity contribution in [1.82, 2.24) is 0 Å². The monoisotopic (exact) mass is 1420 g/mol. The van der Waals surface area contributed by atoms with Crippen LogP contribution in [0.25, 0.3) is 0 Å². The second-order valence-corrected chi connectivity index (χ2v) is 31.0. The molecular formula is C78H152O17P2. The maximum atomic E-state index is 13.1. The van der Waals surface area contributed by atoms with Crippen molar-refractivity contribution in [3.63, 3.8) is 0 Å². The number of aliphatic hydroxyl groups excluding tert-OH is 1. The number of hydrogen-bond donors (Lipinski definition) is 3. The second kappa shape index (κ2) is 72.4. The number of ether oxygens (including phenoxy) is 4. The lowest BCUT2D eigenvalue weighted by molar-refractivity contribution is -0.161. The summed E-state index contributed by atoms with van der Waals surface area (Å²) in [5, 5.41) is 10.6. The van der Waals surface area contributed by atoms with Crippen molar-refractivity contribution in [1.29, 1.82) is 0 Å². The number of rotatable bonds is 79. The minimum Gasteiger partial charge on any atom is -0.462 e. The van der Waals surface area contributed by atoms with Crippen LogP contribution in [-0.4, -0.2) is 96.7 Å². The molecule has 0 fully saturated rings. The Morgan fingerprint density at radius 2 is 0.412 bits per heavy atom. The molecule has 97 heavy (non-hydrogen) atoms. The summed E-state index contributed by atoms with van der Waals surface area (Å²) >= 11 is 0. The van der Waals surface area contributed by atoms with Crippen molar-refractivity contribution in [2.45, 2.75) is 438 Å². The lowest BCUT2D eigenvalue weighted by Gasteiger charge is -2.21. The molecule has 0 aromatic rings. The van der Waals surface area contributed by atoms with E-state index >= 15 is 0 Å². The smallest absolute Gasteiger partial charge is 0.462 e. The third-order valence-electron chi connectivity index (χ3n) is 18.4. The molecule has 576 valence electrons. The van der Waals surface area contributed by atoms with Crippen LogP contribution >= 0.6 is 15.6 Å². The topological polar surface area (TPSA) is 237 Å². The number of unbranched alkanes of at least 4 members (excludes halogenated alkanes) is 53. The fourth-order valence-electron chi connectivity index (χ4n) is 12.1. The molecule has 0 aromatic carbocycles. The summed E-state index contributed by atoms with van der Waals surface area (Å²) in [6.07, 6.45) is 64.3. The molecule has 3 N–H and O–H groups in total. The first-order chi connectivity index (χ1) is 47.2. The minimum absolute atomic E-state index is 0.108. The number of phosphoric ester groups is 2. The third-order valence-corrected chi connectivity index (χ3v) is 20.3. The quantitative estimate of drug-likeness (QED) is 0.0222. The predicted octanol–water partition coefficient (Wildman–Crippen LogP) is 23.4. The molecule has 0 saturated heterocycles. The van der Waals surface area contributed by atoms with Crippen LogP contribution in [0.1, 0.15) is 419 Å². The van der Waals surface area contributed by atoms with Gasteiger partial charge in [0.25, 0.3) is 0 Å². The van der Waals surface area contributed by atoms with Gasteiger partial charge in [0.1, 0.15) is 19.3 Å². The Hall–Kier alpha value is -1.94. The number of carbonyl (C=O) groups excluding carboxylic acids is 4. The number of esters is 4. The molecule has 0 heterocycles. The van der Waals surface area contributed by atoms with E-state index in [4.69, 9.17) is 37.0 Å². The molecule has 0 spiro atoms. The highest BCUT2D eigenvalue weighted by molar-refractivity contribution is 7.47. The highest BCUT2D eigenvalue weighted by atomic mass is 31.2. The predicted molar refractivity (Wildman–Crippen MR) is 395 cm³/mol. The molecule has 0 saturated carbocycles. The molecule has 0 radical (unpaired) electrons. The lowest BCUT2D eigenvalue weighted by Crippen LogP contribution is -2.30. The Labute approximate surface area is 594 Å². The summed E-state index contributed by atoms with van der Waals surface area (Å²) in [5.74, 6) is -2.12. The van der Waals surface area contributed by atoms with Gasteiger partial charge in [0, 0.05) is 25.7 Å². The van der Waals surface area contributed by atoms with E-state index in [9.17, 15) is 43.2 Å². The van der Waals surface area contributed by atoms with Crippen LogP contribution in [-0.2, 0) is 65.4 Å². The Morgan fingerprint density at radius 1 is 0.247 bits per heavy atom. The van der Waals surface area contributed by atoms with Crippen molar-refractivity contribution < 1.29 is 80.2 Å². The normalized spacial score (nSPS) is 13.8. The molecule has 0 amide bonds. The van der Waals surface area contributed by atoms with Crippen LogP contribution in [0.5, 0.6) is 0 Å². The zero-order valence-electron chi connectivity index (χ0n) is 63.1. The summed E-state index contributed by atoms with van der Waals surface area (Å²) in [7, 11) is -9.90. The van der Waals surface area contributed by atoms with E-state index in [0.717, 1.165) is 96.3 Å². The van der Waals surface area contributed by atoms with Crippen LogP contribution in [0.3, 0.4) is 0 Å². The molecular weight excluding hydrogens is 1270 g/mol. The Morgan fingerprint density at radius 3 is 0.608 bits per heavy atom. The van der Waals surface area contributed by atoms with Crippen LogP contribution < -0.4 is 0 Å². The van der Waals surface area contributed by atoms with Gasteiger partial charge >= 0.3 is 39.5 Å². The molecule has 0 aliphatic carbocycles. The van der Waals surface area contributed by atoms with Crippen molar-refractivity contribution >= 4 is 39.5 Å². The summed E-state index contributed by atoms with van der Waals surface area (Å²) in [6, 6.07) is 0. The Balaban J connectivity index is 5.10. The minimum atomic E-state index is -4.96. The van der Waals surface area contributed by atoms with E-state index in [2.05, 4.69) is 27.7 Å². The molecule has 17 nitrogen and oxygen atoms in total. The SMILES string of the molecule is CCCCCCCCCCCCCCCCCCCCCCCCC(=O)O[C@H](COC(=O)CCCCCCCCCCCCCCCCCC)COP(=O)(O)OC[C@@H](O)COP(=O)(O)OC[C@@H](COC(=O)CCCCCCC)OC(=O)CCCCCCCCCCCCCCCC. The first kappa shape index (κ1) is 95.1. The number of hydrogen-bond acceptors (Lipinski definition) is 15. The van der Waals surface area contributed by atoms with Gasteiger partial charge in [-0.3, -0.25) is 37.3 Å². The molecule has 0 rings (SSSR count). The van der Waals surface area contributed by atoms with Crippen LogP contribution in [0, 0.1) is 0 Å². The first-order valence-electron chi connectivity index (χ1n) is 40.8. The first-order valence-corrected chi connectivity index (χ1v) is 43.8. The van der Waals surface area contributed by atoms with Gasteiger partial charge in [-0.15, -0.1) is 0 Å². The number of carbonyl (C=O) groups is 4. The van der Waals surface area contributed by atoms with Crippen LogP contribution in [0.2, 0.25) is 0 Å².